The Labute approximate surface area is 248 Å². The molecule has 0 spiro atoms. The fourth-order valence-electron chi connectivity index (χ4n) is 4.40. The summed E-state index contributed by atoms with van der Waals surface area (Å²) in [7, 11) is 0. The summed E-state index contributed by atoms with van der Waals surface area (Å²) < 4.78 is 0. The monoisotopic (exact) mass is 578 g/mol. The summed E-state index contributed by atoms with van der Waals surface area (Å²) in [5.41, 5.74) is 1.90. The van der Waals surface area contributed by atoms with Gasteiger partial charge in [-0.15, -0.1) is 0 Å². The Morgan fingerprint density at radius 3 is 1.80 bits per heavy atom. The standard InChI is InChI=1S/C34H58O7/c1-7-9-28(33(39)22-13-24(3)10-17-29(35)8-2)16-19-30(36)18-14-26(5)31(37)20-11-25(4)12-21-32(38)27(6)15-23-34(40)41/h10-13,15,21-23,26-33,35-39H,7-9,14,16-20H2,1-6H3,(H,40,41). The van der Waals surface area contributed by atoms with Crippen LogP contribution in [0.25, 0.3) is 0 Å². The van der Waals surface area contributed by atoms with Crippen molar-refractivity contribution in [3.63, 3.8) is 0 Å². The van der Waals surface area contributed by atoms with Crippen molar-refractivity contribution >= 4 is 5.97 Å². The van der Waals surface area contributed by atoms with Crippen molar-refractivity contribution in [1.82, 2.24) is 0 Å². The highest BCUT2D eigenvalue weighted by Gasteiger charge is 2.19. The predicted molar refractivity (Wildman–Crippen MR) is 167 cm³/mol. The predicted octanol–water partition coefficient (Wildman–Crippen LogP) is 5.88. The zero-order valence-electron chi connectivity index (χ0n) is 26.2. The van der Waals surface area contributed by atoms with Crippen molar-refractivity contribution in [1.29, 1.82) is 0 Å². The van der Waals surface area contributed by atoms with E-state index in [4.69, 9.17) is 5.11 Å². The zero-order valence-corrected chi connectivity index (χ0v) is 26.2. The smallest absolute Gasteiger partial charge is 0.327 e. The summed E-state index contributed by atoms with van der Waals surface area (Å²) in [5.74, 6) is -1.31. The van der Waals surface area contributed by atoms with Crippen molar-refractivity contribution < 1.29 is 35.4 Å². The first-order chi connectivity index (χ1) is 19.3. The third-order valence-electron chi connectivity index (χ3n) is 7.68. The number of carbonyl (C=O) groups is 1. The third-order valence-corrected chi connectivity index (χ3v) is 7.68. The first-order valence-electron chi connectivity index (χ1n) is 15.3. The number of allylic oxidation sites excluding steroid dienone is 4. The van der Waals surface area contributed by atoms with Crippen molar-refractivity contribution in [2.45, 2.75) is 130 Å². The summed E-state index contributed by atoms with van der Waals surface area (Å²) in [5, 5.41) is 60.5. The quantitative estimate of drug-likeness (QED) is 0.0697. The first kappa shape index (κ1) is 39.0. The Morgan fingerprint density at radius 2 is 1.24 bits per heavy atom. The van der Waals surface area contributed by atoms with Gasteiger partial charge < -0.3 is 30.6 Å². The molecule has 0 aromatic heterocycles. The lowest BCUT2D eigenvalue weighted by Crippen LogP contribution is -2.22. The van der Waals surface area contributed by atoms with E-state index < -0.39 is 30.4 Å². The number of aliphatic carboxylic acids is 1. The van der Waals surface area contributed by atoms with Crippen molar-refractivity contribution in [2.24, 2.45) is 17.8 Å². The van der Waals surface area contributed by atoms with Crippen molar-refractivity contribution in [3.05, 3.63) is 59.8 Å². The average Bonchev–Trinajstić information content (AvgIpc) is 2.95. The van der Waals surface area contributed by atoms with E-state index in [9.17, 15) is 30.3 Å². The molecule has 0 aromatic carbocycles. The molecule has 0 amide bonds. The second-order valence-electron chi connectivity index (χ2n) is 11.6. The van der Waals surface area contributed by atoms with Crippen LogP contribution >= 0.6 is 0 Å². The molecule has 0 fully saturated rings. The maximum absolute atomic E-state index is 10.7. The summed E-state index contributed by atoms with van der Waals surface area (Å²) in [6.07, 6.45) is 16.9. The molecule has 41 heavy (non-hydrogen) atoms. The van der Waals surface area contributed by atoms with Crippen LogP contribution in [0.5, 0.6) is 0 Å². The molecule has 236 valence electrons. The fraction of sp³-hybridized carbons (Fsp3) is 0.676. The second-order valence-corrected chi connectivity index (χ2v) is 11.6. The van der Waals surface area contributed by atoms with Gasteiger partial charge >= 0.3 is 5.97 Å². The Kier molecular flexibility index (Phi) is 21.4. The maximum Gasteiger partial charge on any atom is 0.327 e. The van der Waals surface area contributed by atoms with Gasteiger partial charge in [0.1, 0.15) is 0 Å². The van der Waals surface area contributed by atoms with E-state index in [1.165, 1.54) is 6.08 Å². The van der Waals surface area contributed by atoms with E-state index >= 15 is 0 Å². The lowest BCUT2D eigenvalue weighted by molar-refractivity contribution is -0.131. The molecule has 0 heterocycles. The van der Waals surface area contributed by atoms with Gasteiger partial charge in [-0.1, -0.05) is 87.8 Å². The SMILES string of the molecule is CCCC(CCC(O)CCC(C)C(O)CC=C(C)C=CC(O)C(C)C=CC(=O)O)C(O)C=CC(C)=CCC(O)CC. The molecule has 0 saturated heterocycles. The molecule has 8 unspecified atom stereocenters. The Bertz CT molecular complexity index is 857. The van der Waals surface area contributed by atoms with Gasteiger partial charge in [0.2, 0.25) is 0 Å². The summed E-state index contributed by atoms with van der Waals surface area (Å²) in [4.78, 5) is 10.6. The zero-order chi connectivity index (χ0) is 31.4. The molecule has 7 heteroatoms. The normalized spacial score (nSPS) is 19.4. The number of hydrogen-bond acceptors (Lipinski definition) is 6. The lowest BCUT2D eigenvalue weighted by Gasteiger charge is -2.23. The van der Waals surface area contributed by atoms with Gasteiger partial charge in [-0.2, -0.15) is 0 Å². The van der Waals surface area contributed by atoms with Crippen LogP contribution in [-0.4, -0.2) is 67.1 Å². The topological polar surface area (TPSA) is 138 Å². The third kappa shape index (κ3) is 19.7. The molecule has 0 bridgehead atoms. The lowest BCUT2D eigenvalue weighted by atomic mass is 9.88. The highest BCUT2D eigenvalue weighted by atomic mass is 16.4. The van der Waals surface area contributed by atoms with Gasteiger partial charge in [0.25, 0.3) is 0 Å². The Balaban J connectivity index is 4.67. The van der Waals surface area contributed by atoms with Crippen molar-refractivity contribution in [2.75, 3.05) is 0 Å². The van der Waals surface area contributed by atoms with Crippen LogP contribution in [0.4, 0.5) is 0 Å². The van der Waals surface area contributed by atoms with E-state index in [-0.39, 0.29) is 23.9 Å². The Morgan fingerprint density at radius 1 is 0.683 bits per heavy atom. The molecule has 6 N–H and O–H groups in total. The minimum Gasteiger partial charge on any atom is -0.478 e. The van der Waals surface area contributed by atoms with Crippen LogP contribution in [0.3, 0.4) is 0 Å². The number of rotatable bonds is 22. The minimum absolute atomic E-state index is 0.00500. The van der Waals surface area contributed by atoms with E-state index in [0.29, 0.717) is 38.5 Å². The summed E-state index contributed by atoms with van der Waals surface area (Å²) >= 11 is 0. The number of carboxylic acids is 1. The van der Waals surface area contributed by atoms with Crippen LogP contribution in [0.15, 0.2) is 59.8 Å². The number of hydrogen-bond donors (Lipinski definition) is 6. The van der Waals surface area contributed by atoms with Gasteiger partial charge in [-0.05, 0) is 77.0 Å². The minimum atomic E-state index is -1.05. The molecule has 0 aliphatic carbocycles. The number of aliphatic hydroxyl groups is 5. The van der Waals surface area contributed by atoms with E-state index in [2.05, 4.69) is 6.92 Å². The van der Waals surface area contributed by atoms with Crippen LogP contribution in [0.1, 0.15) is 99.3 Å². The van der Waals surface area contributed by atoms with Crippen LogP contribution in [-0.2, 0) is 4.79 Å². The molecule has 7 nitrogen and oxygen atoms in total. The molecule has 0 aliphatic heterocycles. The highest BCUT2D eigenvalue weighted by Crippen LogP contribution is 2.23. The number of aliphatic hydroxyl groups excluding tert-OH is 5. The molecular weight excluding hydrogens is 520 g/mol. The summed E-state index contributed by atoms with van der Waals surface area (Å²) in [6.45, 7) is 11.6. The molecular formula is C34H58O7. The van der Waals surface area contributed by atoms with Gasteiger partial charge in [0.15, 0.2) is 0 Å². The van der Waals surface area contributed by atoms with Gasteiger partial charge in [0, 0.05) is 12.0 Å². The van der Waals surface area contributed by atoms with Gasteiger partial charge in [-0.3, -0.25) is 0 Å². The molecule has 0 radical (unpaired) electrons. The Hall–Kier alpha value is -2.03. The largest absolute Gasteiger partial charge is 0.478 e. The van der Waals surface area contributed by atoms with Gasteiger partial charge in [-0.25, -0.2) is 4.79 Å². The summed E-state index contributed by atoms with van der Waals surface area (Å²) in [6, 6.07) is 0. The van der Waals surface area contributed by atoms with Crippen LogP contribution in [0.2, 0.25) is 0 Å². The number of carboxylic acid groups (broad SMARTS) is 1. The van der Waals surface area contributed by atoms with E-state index in [1.807, 2.05) is 52.0 Å². The molecule has 0 aromatic rings. The molecule has 0 aliphatic rings. The molecule has 8 atom stereocenters. The highest BCUT2D eigenvalue weighted by molar-refractivity contribution is 5.79. The van der Waals surface area contributed by atoms with Gasteiger partial charge in [0.05, 0.1) is 30.5 Å². The first-order valence-corrected chi connectivity index (χ1v) is 15.3. The second kappa shape index (κ2) is 22.6. The fourth-order valence-corrected chi connectivity index (χ4v) is 4.40. The molecule has 0 saturated carbocycles. The molecule has 0 rings (SSSR count). The van der Waals surface area contributed by atoms with Crippen LogP contribution < -0.4 is 0 Å². The van der Waals surface area contributed by atoms with E-state index in [0.717, 1.165) is 36.5 Å². The maximum atomic E-state index is 10.7. The average molecular weight is 579 g/mol. The van der Waals surface area contributed by atoms with Crippen molar-refractivity contribution in [3.8, 4) is 0 Å². The van der Waals surface area contributed by atoms with E-state index in [1.54, 1.807) is 19.1 Å². The van der Waals surface area contributed by atoms with Crippen LogP contribution in [0, 0.1) is 17.8 Å².